The molecule has 2 heterocycles. The Hall–Kier alpha value is -2.45. The molecular weight excluding hydrogens is 387 g/mol. The van der Waals surface area contributed by atoms with E-state index in [2.05, 4.69) is 25.9 Å². The molecular formula is C21H31FN6O2. The van der Waals surface area contributed by atoms with E-state index < -0.39 is 5.82 Å². The number of nitrogens with zero attached hydrogens (tertiary/aromatic N) is 3. The van der Waals surface area contributed by atoms with Gasteiger partial charge in [0.25, 0.3) is 0 Å². The summed E-state index contributed by atoms with van der Waals surface area (Å²) in [5.41, 5.74) is 0. The van der Waals surface area contributed by atoms with Crippen LogP contribution < -0.4 is 20.9 Å². The molecule has 0 bridgehead atoms. The van der Waals surface area contributed by atoms with Gasteiger partial charge in [-0.3, -0.25) is 9.59 Å². The minimum atomic E-state index is -0.460. The predicted molar refractivity (Wildman–Crippen MR) is 112 cm³/mol. The third-order valence-electron chi connectivity index (χ3n) is 6.21. The van der Waals surface area contributed by atoms with Gasteiger partial charge in [0.1, 0.15) is 0 Å². The maximum atomic E-state index is 14.5. The Balaban J connectivity index is 1.36. The van der Waals surface area contributed by atoms with Crippen LogP contribution in [0.25, 0.3) is 0 Å². The summed E-state index contributed by atoms with van der Waals surface area (Å²) < 4.78 is 14.5. The molecule has 3 aliphatic rings. The van der Waals surface area contributed by atoms with E-state index in [9.17, 15) is 14.0 Å². The summed E-state index contributed by atoms with van der Waals surface area (Å²) in [7, 11) is 0. The smallest absolute Gasteiger partial charge is 0.225 e. The lowest BCUT2D eigenvalue weighted by atomic mass is 9.91. The first-order valence-corrected chi connectivity index (χ1v) is 11.1. The molecule has 2 saturated carbocycles. The van der Waals surface area contributed by atoms with E-state index in [0.717, 1.165) is 51.4 Å². The van der Waals surface area contributed by atoms with E-state index >= 15 is 0 Å². The molecule has 4 rings (SSSR count). The van der Waals surface area contributed by atoms with E-state index in [1.165, 1.54) is 6.20 Å². The van der Waals surface area contributed by atoms with E-state index in [1.807, 2.05) is 4.90 Å². The van der Waals surface area contributed by atoms with Gasteiger partial charge < -0.3 is 20.9 Å². The fourth-order valence-electron chi connectivity index (χ4n) is 4.43. The SMILES string of the molecule is CC(=O)N[C@H]1CC[C@H](Nc2ncc(F)c(N3CCC[C@@H](C(=O)NC4CC4)C3)n2)CC1. The number of nitrogens with one attached hydrogen (secondary N) is 3. The van der Waals surface area contributed by atoms with Crippen molar-refractivity contribution < 1.29 is 14.0 Å². The summed E-state index contributed by atoms with van der Waals surface area (Å²) >= 11 is 0. The van der Waals surface area contributed by atoms with Gasteiger partial charge in [0, 0.05) is 38.1 Å². The largest absolute Gasteiger partial charge is 0.354 e. The Morgan fingerprint density at radius 1 is 1.03 bits per heavy atom. The Kier molecular flexibility index (Phi) is 6.34. The summed E-state index contributed by atoms with van der Waals surface area (Å²) in [6.07, 6.45) is 8.58. The number of carbonyl (C=O) groups is 2. The highest BCUT2D eigenvalue weighted by Crippen LogP contribution is 2.27. The van der Waals surface area contributed by atoms with Gasteiger partial charge in [-0.15, -0.1) is 0 Å². The van der Waals surface area contributed by atoms with Crippen LogP contribution in [0.4, 0.5) is 16.2 Å². The maximum absolute atomic E-state index is 14.5. The number of halogens is 1. The lowest BCUT2D eigenvalue weighted by Crippen LogP contribution is -2.44. The Labute approximate surface area is 176 Å². The monoisotopic (exact) mass is 418 g/mol. The van der Waals surface area contributed by atoms with Gasteiger partial charge in [-0.05, 0) is 51.4 Å². The molecule has 1 aliphatic heterocycles. The normalized spacial score (nSPS) is 26.7. The maximum Gasteiger partial charge on any atom is 0.225 e. The molecule has 8 nitrogen and oxygen atoms in total. The zero-order valence-electron chi connectivity index (χ0n) is 17.5. The highest BCUT2D eigenvalue weighted by atomic mass is 19.1. The number of amides is 2. The summed E-state index contributed by atoms with van der Waals surface area (Å²) in [4.78, 5) is 34.1. The summed E-state index contributed by atoms with van der Waals surface area (Å²) in [6.45, 7) is 2.70. The Morgan fingerprint density at radius 3 is 2.40 bits per heavy atom. The van der Waals surface area contributed by atoms with Gasteiger partial charge in [0.05, 0.1) is 12.1 Å². The molecule has 0 aromatic carbocycles. The molecule has 2 amide bonds. The molecule has 0 spiro atoms. The van der Waals surface area contributed by atoms with E-state index in [-0.39, 0.29) is 35.6 Å². The highest BCUT2D eigenvalue weighted by Gasteiger charge is 2.32. The van der Waals surface area contributed by atoms with Crippen LogP contribution in [0.3, 0.4) is 0 Å². The molecule has 3 N–H and O–H groups in total. The number of carbonyl (C=O) groups excluding carboxylic acids is 2. The van der Waals surface area contributed by atoms with Crippen molar-refractivity contribution in [2.24, 2.45) is 5.92 Å². The molecule has 0 unspecified atom stereocenters. The molecule has 30 heavy (non-hydrogen) atoms. The van der Waals surface area contributed by atoms with Crippen LogP contribution in [0, 0.1) is 11.7 Å². The first-order chi connectivity index (χ1) is 14.5. The van der Waals surface area contributed by atoms with Crippen molar-refractivity contribution in [1.82, 2.24) is 20.6 Å². The van der Waals surface area contributed by atoms with Crippen molar-refractivity contribution in [2.45, 2.75) is 76.4 Å². The van der Waals surface area contributed by atoms with Gasteiger partial charge in [-0.2, -0.15) is 4.98 Å². The quantitative estimate of drug-likeness (QED) is 0.653. The number of aromatic nitrogens is 2. The topological polar surface area (TPSA) is 99.3 Å². The van der Waals surface area contributed by atoms with E-state index in [1.54, 1.807) is 6.92 Å². The number of piperidine rings is 1. The summed E-state index contributed by atoms with van der Waals surface area (Å²) in [5.74, 6) is 0.171. The summed E-state index contributed by atoms with van der Waals surface area (Å²) in [6, 6.07) is 0.754. The lowest BCUT2D eigenvalue weighted by Gasteiger charge is -2.33. The number of hydrogen-bond donors (Lipinski definition) is 3. The molecule has 0 radical (unpaired) electrons. The van der Waals surface area contributed by atoms with Crippen LogP contribution in [0.5, 0.6) is 0 Å². The van der Waals surface area contributed by atoms with E-state index in [0.29, 0.717) is 25.1 Å². The van der Waals surface area contributed by atoms with Crippen molar-refractivity contribution in [3.8, 4) is 0 Å². The summed E-state index contributed by atoms with van der Waals surface area (Å²) in [5, 5.41) is 9.35. The average Bonchev–Trinajstić information content (AvgIpc) is 3.54. The third kappa shape index (κ3) is 5.37. The number of anilines is 2. The van der Waals surface area contributed by atoms with Crippen LogP contribution in [-0.2, 0) is 9.59 Å². The first kappa shape index (κ1) is 20.8. The van der Waals surface area contributed by atoms with Crippen LogP contribution in [0.15, 0.2) is 6.20 Å². The van der Waals surface area contributed by atoms with Gasteiger partial charge in [-0.1, -0.05) is 0 Å². The highest BCUT2D eigenvalue weighted by molar-refractivity contribution is 5.80. The lowest BCUT2D eigenvalue weighted by molar-refractivity contribution is -0.125. The molecule has 2 aliphatic carbocycles. The van der Waals surface area contributed by atoms with Gasteiger partial charge in [0.2, 0.25) is 17.8 Å². The minimum Gasteiger partial charge on any atom is -0.354 e. The molecule has 1 atom stereocenters. The molecule has 3 fully saturated rings. The molecule has 1 aromatic heterocycles. The molecule has 1 aromatic rings. The fourth-order valence-corrected chi connectivity index (χ4v) is 4.43. The first-order valence-electron chi connectivity index (χ1n) is 11.1. The predicted octanol–water partition coefficient (Wildman–Crippen LogP) is 1.97. The van der Waals surface area contributed by atoms with Gasteiger partial charge in [-0.25, -0.2) is 9.37 Å². The third-order valence-corrected chi connectivity index (χ3v) is 6.21. The second-order valence-corrected chi connectivity index (χ2v) is 8.83. The fraction of sp³-hybridized carbons (Fsp3) is 0.714. The number of rotatable bonds is 6. The number of hydrogen-bond acceptors (Lipinski definition) is 6. The minimum absolute atomic E-state index is 0.00330. The van der Waals surface area contributed by atoms with Crippen molar-refractivity contribution in [2.75, 3.05) is 23.3 Å². The Morgan fingerprint density at radius 2 is 1.70 bits per heavy atom. The molecule has 9 heteroatoms. The van der Waals surface area contributed by atoms with Crippen LogP contribution in [-0.4, -0.2) is 53.0 Å². The van der Waals surface area contributed by atoms with Gasteiger partial charge in [0.15, 0.2) is 11.6 Å². The molecule has 164 valence electrons. The standard InChI is InChI=1S/C21H31FN6O2/c1-13(29)24-15-4-8-17(9-5-15)26-21-23-11-18(22)19(27-21)28-10-2-3-14(12-28)20(30)25-16-6-7-16/h11,14-17H,2-10,12H2,1H3,(H,24,29)(H,25,30)(H,23,26,27)/t14-,15-,17-/m1/s1. The average molecular weight is 419 g/mol. The van der Waals surface area contributed by atoms with Crippen molar-refractivity contribution in [3.63, 3.8) is 0 Å². The Bertz CT molecular complexity index is 779. The van der Waals surface area contributed by atoms with Crippen molar-refractivity contribution in [3.05, 3.63) is 12.0 Å². The van der Waals surface area contributed by atoms with Crippen molar-refractivity contribution >= 4 is 23.6 Å². The van der Waals surface area contributed by atoms with Crippen LogP contribution in [0.2, 0.25) is 0 Å². The second kappa shape index (κ2) is 9.14. The van der Waals surface area contributed by atoms with Crippen LogP contribution >= 0.6 is 0 Å². The van der Waals surface area contributed by atoms with E-state index in [4.69, 9.17) is 0 Å². The second-order valence-electron chi connectivity index (χ2n) is 8.83. The zero-order valence-corrected chi connectivity index (χ0v) is 17.5. The molecule has 1 saturated heterocycles. The van der Waals surface area contributed by atoms with Gasteiger partial charge >= 0.3 is 0 Å². The van der Waals surface area contributed by atoms with Crippen LogP contribution in [0.1, 0.15) is 58.3 Å². The van der Waals surface area contributed by atoms with Crippen molar-refractivity contribution in [1.29, 1.82) is 0 Å². The zero-order chi connectivity index (χ0) is 21.1.